The van der Waals surface area contributed by atoms with Crippen LogP contribution < -0.4 is 5.32 Å². The smallest absolute Gasteiger partial charge is 0.453 e. The maximum Gasteiger partial charge on any atom is 0.475 e. The van der Waals surface area contributed by atoms with E-state index in [1.807, 2.05) is 44.2 Å². The van der Waals surface area contributed by atoms with Gasteiger partial charge in [-0.1, -0.05) is 30.3 Å². The standard InChI is InChI=1S/C28H40BN5O7/c1-28(2,33-15-13-32(14-16-33)27(37)40-3)18-22(19-30)25(35)34-12-8-7-11-23(34)20-41-26(36)31-24(29(38)39)17-21-9-5-4-6-10-21/h4-6,9-10,18,23-24,38-39H,7-8,11-17,20H2,1-3H3,(H,31,36). The number of ether oxygens (including phenoxy) is 2. The second kappa shape index (κ2) is 14.9. The van der Waals surface area contributed by atoms with Crippen LogP contribution in [-0.2, 0) is 20.7 Å². The molecule has 3 N–H and O–H groups in total. The summed E-state index contributed by atoms with van der Waals surface area (Å²) >= 11 is 0. The molecule has 222 valence electrons. The van der Waals surface area contributed by atoms with Crippen molar-refractivity contribution in [2.75, 3.05) is 46.4 Å². The number of benzene rings is 1. The van der Waals surface area contributed by atoms with Crippen LogP contribution in [0.15, 0.2) is 42.0 Å². The van der Waals surface area contributed by atoms with E-state index in [9.17, 15) is 29.7 Å². The Morgan fingerprint density at radius 2 is 1.83 bits per heavy atom. The molecule has 3 amide bonds. The molecule has 1 aromatic carbocycles. The van der Waals surface area contributed by atoms with Crippen LogP contribution in [0.1, 0.15) is 38.7 Å². The molecule has 2 fully saturated rings. The van der Waals surface area contributed by atoms with E-state index in [1.165, 1.54) is 7.11 Å². The first-order valence-corrected chi connectivity index (χ1v) is 13.9. The number of methoxy groups -OCH3 is 1. The maximum absolute atomic E-state index is 13.5. The third-order valence-electron chi connectivity index (χ3n) is 7.63. The molecule has 0 aliphatic carbocycles. The first-order chi connectivity index (χ1) is 19.6. The van der Waals surface area contributed by atoms with Crippen molar-refractivity contribution in [3.63, 3.8) is 0 Å². The molecule has 2 atom stereocenters. The van der Waals surface area contributed by atoms with Crippen molar-refractivity contribution in [2.45, 2.75) is 57.1 Å². The molecule has 2 saturated heterocycles. The zero-order valence-corrected chi connectivity index (χ0v) is 24.0. The van der Waals surface area contributed by atoms with E-state index in [0.29, 0.717) is 39.1 Å². The van der Waals surface area contributed by atoms with Crippen LogP contribution in [0.3, 0.4) is 0 Å². The zero-order valence-electron chi connectivity index (χ0n) is 24.0. The highest BCUT2D eigenvalue weighted by atomic mass is 16.6. The summed E-state index contributed by atoms with van der Waals surface area (Å²) in [4.78, 5) is 43.2. The second-order valence-corrected chi connectivity index (χ2v) is 10.9. The second-order valence-electron chi connectivity index (χ2n) is 10.9. The van der Waals surface area contributed by atoms with Crippen LogP contribution >= 0.6 is 0 Å². The number of rotatable bonds is 9. The van der Waals surface area contributed by atoms with Crippen LogP contribution in [0.5, 0.6) is 0 Å². The van der Waals surface area contributed by atoms with Crippen molar-refractivity contribution in [3.8, 4) is 6.07 Å². The van der Waals surface area contributed by atoms with Gasteiger partial charge >= 0.3 is 19.3 Å². The summed E-state index contributed by atoms with van der Waals surface area (Å²) in [6.07, 6.45) is 2.88. The Morgan fingerprint density at radius 3 is 2.44 bits per heavy atom. The van der Waals surface area contributed by atoms with Crippen molar-refractivity contribution >= 4 is 25.2 Å². The van der Waals surface area contributed by atoms with Gasteiger partial charge in [-0.25, -0.2) is 9.59 Å². The Labute approximate surface area is 241 Å². The Morgan fingerprint density at radius 1 is 1.15 bits per heavy atom. The number of piperidine rings is 1. The normalized spacial score (nSPS) is 19.1. The molecule has 1 aromatic rings. The van der Waals surface area contributed by atoms with Gasteiger partial charge in [0.25, 0.3) is 5.91 Å². The van der Waals surface area contributed by atoms with Crippen LogP contribution in [0.25, 0.3) is 0 Å². The number of hydrogen-bond acceptors (Lipinski definition) is 9. The van der Waals surface area contributed by atoms with Gasteiger partial charge in [-0.15, -0.1) is 0 Å². The summed E-state index contributed by atoms with van der Waals surface area (Å²) in [5, 5.41) is 31.9. The van der Waals surface area contributed by atoms with Gasteiger partial charge in [0.05, 0.1) is 19.1 Å². The van der Waals surface area contributed by atoms with E-state index in [2.05, 4.69) is 16.3 Å². The first-order valence-electron chi connectivity index (χ1n) is 13.9. The minimum absolute atomic E-state index is 0.00748. The predicted molar refractivity (Wildman–Crippen MR) is 151 cm³/mol. The van der Waals surface area contributed by atoms with E-state index in [-0.39, 0.29) is 24.7 Å². The highest BCUT2D eigenvalue weighted by molar-refractivity contribution is 6.43. The third kappa shape index (κ3) is 8.95. The van der Waals surface area contributed by atoms with Gasteiger partial charge in [0.15, 0.2) is 0 Å². The number of alkyl carbamates (subject to hydrolysis) is 1. The first kappa shape index (κ1) is 31.9. The molecule has 0 bridgehead atoms. The summed E-state index contributed by atoms with van der Waals surface area (Å²) in [5.74, 6) is -1.39. The van der Waals surface area contributed by atoms with Gasteiger partial charge in [0.2, 0.25) is 0 Å². The van der Waals surface area contributed by atoms with Crippen molar-refractivity contribution in [1.29, 1.82) is 5.26 Å². The lowest BCUT2D eigenvalue weighted by Crippen LogP contribution is -2.55. The van der Waals surface area contributed by atoms with E-state index in [0.717, 1.165) is 18.4 Å². The topological polar surface area (TPSA) is 156 Å². The quantitative estimate of drug-likeness (QED) is 0.227. The van der Waals surface area contributed by atoms with Crippen LogP contribution in [-0.4, -0.2) is 114 Å². The van der Waals surface area contributed by atoms with Crippen molar-refractivity contribution in [1.82, 2.24) is 20.0 Å². The lowest BCUT2D eigenvalue weighted by atomic mass is 9.76. The van der Waals surface area contributed by atoms with Crippen molar-refractivity contribution < 1.29 is 33.9 Å². The lowest BCUT2D eigenvalue weighted by Gasteiger charge is -2.42. The van der Waals surface area contributed by atoms with Crippen LogP contribution in [0.2, 0.25) is 0 Å². The summed E-state index contributed by atoms with van der Waals surface area (Å²) in [5.41, 5.74) is 0.205. The number of nitrogens with one attached hydrogen (secondary N) is 1. The highest BCUT2D eigenvalue weighted by Crippen LogP contribution is 2.24. The number of hydrogen-bond donors (Lipinski definition) is 3. The lowest BCUT2D eigenvalue weighted by molar-refractivity contribution is -0.131. The minimum Gasteiger partial charge on any atom is -0.453 e. The van der Waals surface area contributed by atoms with Crippen molar-refractivity contribution in [2.24, 2.45) is 0 Å². The molecule has 12 nitrogen and oxygen atoms in total. The van der Waals surface area contributed by atoms with E-state index < -0.39 is 36.6 Å². The molecule has 2 heterocycles. The van der Waals surface area contributed by atoms with Crippen LogP contribution in [0, 0.1) is 11.3 Å². The number of piperazine rings is 1. The third-order valence-corrected chi connectivity index (χ3v) is 7.63. The van der Waals surface area contributed by atoms with Gasteiger partial charge in [-0.3, -0.25) is 9.69 Å². The SMILES string of the molecule is COC(=O)N1CCN(C(C)(C)C=C(C#N)C(=O)N2CCCCC2COC(=O)NC(Cc2ccccc2)B(O)O)CC1. The number of nitriles is 1. The highest BCUT2D eigenvalue weighted by Gasteiger charge is 2.35. The fourth-order valence-electron chi connectivity index (χ4n) is 5.24. The van der Waals surface area contributed by atoms with Gasteiger partial charge in [-0.05, 0) is 51.2 Å². The Balaban J connectivity index is 1.61. The van der Waals surface area contributed by atoms with Gasteiger partial charge in [0, 0.05) is 38.3 Å². The van der Waals surface area contributed by atoms with E-state index in [4.69, 9.17) is 9.47 Å². The van der Waals surface area contributed by atoms with Crippen LogP contribution in [0.4, 0.5) is 9.59 Å². The predicted octanol–water partition coefficient (Wildman–Crippen LogP) is 1.33. The molecule has 13 heteroatoms. The minimum atomic E-state index is -1.79. The largest absolute Gasteiger partial charge is 0.475 e. The molecule has 0 saturated carbocycles. The molecule has 0 spiro atoms. The van der Waals surface area contributed by atoms with Gasteiger partial charge in [-0.2, -0.15) is 5.26 Å². The number of likely N-dealkylation sites (tertiary alicyclic amines) is 1. The molecular weight excluding hydrogens is 529 g/mol. The fraction of sp³-hybridized carbons (Fsp3) is 0.571. The molecule has 3 rings (SSSR count). The Bertz CT molecular complexity index is 1120. The summed E-state index contributed by atoms with van der Waals surface area (Å²) in [7, 11) is -0.439. The molecule has 2 unspecified atom stereocenters. The number of amides is 3. The average molecular weight is 569 g/mol. The number of carbonyl (C=O) groups is 3. The summed E-state index contributed by atoms with van der Waals surface area (Å²) in [6.45, 7) is 6.28. The number of carbonyl (C=O) groups excluding carboxylic acids is 3. The van der Waals surface area contributed by atoms with Gasteiger partial charge in [0.1, 0.15) is 18.2 Å². The monoisotopic (exact) mass is 569 g/mol. The van der Waals surface area contributed by atoms with E-state index >= 15 is 0 Å². The Hall–Kier alpha value is -3.60. The average Bonchev–Trinajstić information content (AvgIpc) is 2.98. The molecule has 2 aliphatic heterocycles. The number of nitrogens with zero attached hydrogens (tertiary/aromatic N) is 4. The molecular formula is C28H40BN5O7. The van der Waals surface area contributed by atoms with E-state index in [1.54, 1.807) is 15.9 Å². The molecule has 41 heavy (non-hydrogen) atoms. The Kier molecular flexibility index (Phi) is 11.6. The molecule has 0 aromatic heterocycles. The fourth-order valence-corrected chi connectivity index (χ4v) is 5.24. The summed E-state index contributed by atoms with van der Waals surface area (Å²) in [6, 6.07) is 10.8. The van der Waals surface area contributed by atoms with Crippen molar-refractivity contribution in [3.05, 3.63) is 47.5 Å². The maximum atomic E-state index is 13.5. The van der Waals surface area contributed by atoms with Gasteiger partial charge < -0.3 is 34.6 Å². The molecule has 2 aliphatic rings. The summed E-state index contributed by atoms with van der Waals surface area (Å²) < 4.78 is 10.2. The molecule has 0 radical (unpaired) electrons. The zero-order chi connectivity index (χ0) is 30.0.